The van der Waals surface area contributed by atoms with Gasteiger partial charge < -0.3 is 14.8 Å². The fraction of sp³-hybridized carbons (Fsp3) is 0.211. The Morgan fingerprint density at radius 2 is 1.68 bits per heavy atom. The molecule has 1 aromatic carbocycles. The molecule has 0 radical (unpaired) electrons. The normalized spacial score (nSPS) is 10.4. The Hall–Kier alpha value is -3.15. The van der Waals surface area contributed by atoms with E-state index in [4.69, 9.17) is 9.47 Å². The summed E-state index contributed by atoms with van der Waals surface area (Å²) in [6, 6.07) is 13.2. The summed E-state index contributed by atoms with van der Waals surface area (Å²) in [7, 11) is 1.61. The molecular weight excluding hydrogens is 316 g/mol. The van der Waals surface area contributed by atoms with Gasteiger partial charge in [-0.25, -0.2) is 15.0 Å². The van der Waals surface area contributed by atoms with E-state index >= 15 is 0 Å². The van der Waals surface area contributed by atoms with Gasteiger partial charge in [-0.05, 0) is 38.1 Å². The van der Waals surface area contributed by atoms with Crippen LogP contribution in [0, 0.1) is 13.8 Å². The Bertz CT molecular complexity index is 847. The lowest BCUT2D eigenvalue weighted by Gasteiger charge is -2.13. The number of para-hydroxylation sites is 2. The second-order valence-corrected chi connectivity index (χ2v) is 5.55. The molecule has 6 heteroatoms. The van der Waals surface area contributed by atoms with Gasteiger partial charge in [0.25, 0.3) is 0 Å². The van der Waals surface area contributed by atoms with Crippen molar-refractivity contribution in [3.63, 3.8) is 0 Å². The zero-order chi connectivity index (χ0) is 17.6. The number of anilines is 1. The van der Waals surface area contributed by atoms with E-state index in [-0.39, 0.29) is 0 Å². The van der Waals surface area contributed by atoms with Gasteiger partial charge in [-0.15, -0.1) is 0 Å². The van der Waals surface area contributed by atoms with Crippen molar-refractivity contribution in [3.05, 3.63) is 65.6 Å². The average molecular weight is 336 g/mol. The molecule has 0 aliphatic heterocycles. The number of aryl methyl sites for hydroxylation is 2. The first kappa shape index (κ1) is 16.7. The van der Waals surface area contributed by atoms with Crippen LogP contribution in [0.5, 0.6) is 17.4 Å². The van der Waals surface area contributed by atoms with Crippen LogP contribution in [0.1, 0.15) is 17.0 Å². The number of nitrogens with zero attached hydrogens (tertiary/aromatic N) is 3. The summed E-state index contributed by atoms with van der Waals surface area (Å²) in [5, 5.41) is 3.22. The molecule has 0 fully saturated rings. The molecule has 0 unspecified atom stereocenters. The van der Waals surface area contributed by atoms with Gasteiger partial charge in [0.1, 0.15) is 0 Å². The van der Waals surface area contributed by atoms with Crippen LogP contribution in [0.25, 0.3) is 0 Å². The third kappa shape index (κ3) is 4.23. The molecule has 0 saturated carbocycles. The minimum atomic E-state index is 0.501. The lowest BCUT2D eigenvalue weighted by Crippen LogP contribution is -2.07. The van der Waals surface area contributed by atoms with Crippen LogP contribution in [-0.2, 0) is 6.54 Å². The van der Waals surface area contributed by atoms with Crippen molar-refractivity contribution in [2.45, 2.75) is 20.4 Å². The van der Waals surface area contributed by atoms with Crippen molar-refractivity contribution in [3.8, 4) is 17.4 Å². The number of hydrogen-bond donors (Lipinski definition) is 1. The summed E-state index contributed by atoms with van der Waals surface area (Å²) in [6.45, 7) is 4.39. The molecule has 0 spiro atoms. The summed E-state index contributed by atoms with van der Waals surface area (Å²) in [5.41, 5.74) is 2.74. The maximum atomic E-state index is 5.95. The molecule has 0 saturated heterocycles. The van der Waals surface area contributed by atoms with Crippen LogP contribution in [0.15, 0.2) is 48.7 Å². The highest BCUT2D eigenvalue weighted by Crippen LogP contribution is 2.31. The highest BCUT2D eigenvalue weighted by atomic mass is 16.5. The van der Waals surface area contributed by atoms with E-state index in [1.54, 1.807) is 13.3 Å². The third-order valence-electron chi connectivity index (χ3n) is 3.54. The van der Waals surface area contributed by atoms with Crippen LogP contribution in [0.4, 0.5) is 5.95 Å². The van der Waals surface area contributed by atoms with E-state index in [9.17, 15) is 0 Å². The highest BCUT2D eigenvalue weighted by molar-refractivity contribution is 5.43. The summed E-state index contributed by atoms with van der Waals surface area (Å²) in [4.78, 5) is 13.1. The average Bonchev–Trinajstić information content (AvgIpc) is 2.61. The Labute approximate surface area is 146 Å². The molecule has 0 aliphatic rings. The van der Waals surface area contributed by atoms with Crippen molar-refractivity contribution >= 4 is 5.95 Å². The molecule has 3 aromatic rings. The van der Waals surface area contributed by atoms with Crippen molar-refractivity contribution in [2.75, 3.05) is 12.4 Å². The fourth-order valence-corrected chi connectivity index (χ4v) is 2.44. The second kappa shape index (κ2) is 7.61. The van der Waals surface area contributed by atoms with Gasteiger partial charge >= 0.3 is 0 Å². The fourth-order valence-electron chi connectivity index (χ4n) is 2.44. The van der Waals surface area contributed by atoms with Gasteiger partial charge in [-0.2, -0.15) is 0 Å². The Kier molecular flexibility index (Phi) is 5.09. The van der Waals surface area contributed by atoms with Crippen LogP contribution in [-0.4, -0.2) is 22.1 Å². The SMILES string of the molecule is COc1ccccc1Oc1ncccc1CNc1nc(C)cc(C)n1. The van der Waals surface area contributed by atoms with E-state index in [1.807, 2.05) is 56.3 Å². The third-order valence-corrected chi connectivity index (χ3v) is 3.54. The van der Waals surface area contributed by atoms with Gasteiger partial charge in [-0.1, -0.05) is 18.2 Å². The van der Waals surface area contributed by atoms with E-state index in [1.165, 1.54) is 0 Å². The van der Waals surface area contributed by atoms with Gasteiger partial charge in [0.05, 0.1) is 7.11 Å². The summed E-state index contributed by atoms with van der Waals surface area (Å²) in [6.07, 6.45) is 1.70. The molecule has 128 valence electrons. The standard InChI is InChI=1S/C19H20N4O2/c1-13-11-14(2)23-19(22-13)21-12-15-7-6-10-20-18(15)25-17-9-5-4-8-16(17)24-3/h4-11H,12H2,1-3H3,(H,21,22,23). The molecule has 0 amide bonds. The molecule has 25 heavy (non-hydrogen) atoms. The van der Waals surface area contributed by atoms with Gasteiger partial charge in [0.2, 0.25) is 11.8 Å². The summed E-state index contributed by atoms with van der Waals surface area (Å²) in [5.74, 6) is 2.38. The molecule has 0 atom stereocenters. The number of hydrogen-bond acceptors (Lipinski definition) is 6. The maximum absolute atomic E-state index is 5.95. The number of pyridine rings is 1. The van der Waals surface area contributed by atoms with Crippen LogP contribution in [0.3, 0.4) is 0 Å². The zero-order valence-corrected chi connectivity index (χ0v) is 14.5. The molecule has 0 aliphatic carbocycles. The number of rotatable bonds is 6. The predicted molar refractivity (Wildman–Crippen MR) is 96.1 cm³/mol. The first-order chi connectivity index (χ1) is 12.2. The summed E-state index contributed by atoms with van der Waals surface area (Å²) < 4.78 is 11.3. The van der Waals surface area contributed by atoms with Crippen LogP contribution in [0.2, 0.25) is 0 Å². The quantitative estimate of drug-likeness (QED) is 0.736. The van der Waals surface area contributed by atoms with Crippen LogP contribution >= 0.6 is 0 Å². The Morgan fingerprint density at radius 3 is 2.40 bits per heavy atom. The lowest BCUT2D eigenvalue weighted by molar-refractivity contribution is 0.372. The highest BCUT2D eigenvalue weighted by Gasteiger charge is 2.10. The lowest BCUT2D eigenvalue weighted by atomic mass is 10.2. The van der Waals surface area contributed by atoms with Crippen molar-refractivity contribution < 1.29 is 9.47 Å². The van der Waals surface area contributed by atoms with E-state index < -0.39 is 0 Å². The minimum Gasteiger partial charge on any atom is -0.493 e. The van der Waals surface area contributed by atoms with Gasteiger partial charge in [0.15, 0.2) is 11.5 Å². The topological polar surface area (TPSA) is 69.2 Å². The van der Waals surface area contributed by atoms with E-state index in [0.717, 1.165) is 17.0 Å². The predicted octanol–water partition coefficient (Wildman–Crippen LogP) is 3.90. The molecule has 0 bridgehead atoms. The molecule has 6 nitrogen and oxygen atoms in total. The largest absolute Gasteiger partial charge is 0.493 e. The minimum absolute atomic E-state index is 0.501. The van der Waals surface area contributed by atoms with Crippen LogP contribution < -0.4 is 14.8 Å². The molecule has 3 rings (SSSR count). The molecule has 2 aromatic heterocycles. The molecular formula is C19H20N4O2. The number of ether oxygens (including phenoxy) is 2. The first-order valence-corrected chi connectivity index (χ1v) is 7.96. The van der Waals surface area contributed by atoms with Crippen molar-refractivity contribution in [2.24, 2.45) is 0 Å². The van der Waals surface area contributed by atoms with Crippen molar-refractivity contribution in [1.29, 1.82) is 0 Å². The molecule has 1 N–H and O–H groups in total. The van der Waals surface area contributed by atoms with Crippen molar-refractivity contribution in [1.82, 2.24) is 15.0 Å². The Morgan fingerprint density at radius 1 is 0.960 bits per heavy atom. The molecule has 2 heterocycles. The first-order valence-electron chi connectivity index (χ1n) is 7.96. The number of aromatic nitrogens is 3. The summed E-state index contributed by atoms with van der Waals surface area (Å²) >= 11 is 0. The van der Waals surface area contributed by atoms with E-state index in [2.05, 4.69) is 20.3 Å². The number of nitrogens with one attached hydrogen (secondary N) is 1. The second-order valence-electron chi connectivity index (χ2n) is 5.55. The van der Waals surface area contributed by atoms with Gasteiger partial charge in [0, 0.05) is 29.7 Å². The monoisotopic (exact) mass is 336 g/mol. The Balaban J connectivity index is 1.79. The van der Waals surface area contributed by atoms with Gasteiger partial charge in [-0.3, -0.25) is 0 Å². The number of methoxy groups -OCH3 is 1. The smallest absolute Gasteiger partial charge is 0.224 e. The zero-order valence-electron chi connectivity index (χ0n) is 14.5. The van der Waals surface area contributed by atoms with E-state index in [0.29, 0.717) is 29.9 Å². The maximum Gasteiger partial charge on any atom is 0.224 e. The number of benzene rings is 1.